The molecule has 0 unspecified atom stereocenters. The number of hydrogen-bond donors (Lipinski definition) is 0. The Morgan fingerprint density at radius 1 is 1.11 bits per heavy atom. The first-order valence-corrected chi connectivity index (χ1v) is 7.09. The molecule has 2 aliphatic rings. The van der Waals surface area contributed by atoms with Crippen molar-refractivity contribution >= 4 is 11.9 Å². The molecule has 0 N–H and O–H groups in total. The maximum absolute atomic E-state index is 12.3. The number of hydrogen-bond acceptors (Lipinski definition) is 3. The van der Waals surface area contributed by atoms with Crippen molar-refractivity contribution in [3.8, 4) is 0 Å². The second-order valence-corrected chi connectivity index (χ2v) is 5.42. The van der Waals surface area contributed by atoms with E-state index in [0.717, 1.165) is 25.7 Å². The van der Waals surface area contributed by atoms with Gasteiger partial charge in [0.15, 0.2) is 0 Å². The molecule has 0 aliphatic heterocycles. The summed E-state index contributed by atoms with van der Waals surface area (Å²) in [5.74, 6) is 0.287. The summed E-state index contributed by atoms with van der Waals surface area (Å²) in [6, 6.07) is 0.358. The van der Waals surface area contributed by atoms with Gasteiger partial charge >= 0.3 is 5.97 Å². The van der Waals surface area contributed by atoms with Crippen molar-refractivity contribution in [3.05, 3.63) is 0 Å². The molecule has 0 aromatic rings. The van der Waals surface area contributed by atoms with Gasteiger partial charge in [-0.25, -0.2) is 0 Å². The van der Waals surface area contributed by atoms with Crippen LogP contribution in [-0.4, -0.2) is 36.5 Å². The Balaban J connectivity index is 1.92. The third-order valence-electron chi connectivity index (χ3n) is 4.01. The molecule has 102 valence electrons. The highest BCUT2D eigenvalue weighted by Crippen LogP contribution is 2.33. The topological polar surface area (TPSA) is 46.6 Å². The molecule has 2 rings (SSSR count). The Labute approximate surface area is 109 Å². The molecule has 4 heteroatoms. The molecule has 0 radical (unpaired) electrons. The highest BCUT2D eigenvalue weighted by molar-refractivity contribution is 5.82. The normalized spacial score (nSPS) is 20.5. The van der Waals surface area contributed by atoms with E-state index < -0.39 is 0 Å². The van der Waals surface area contributed by atoms with Crippen molar-refractivity contribution in [3.63, 3.8) is 0 Å². The Kier molecular flexibility index (Phi) is 4.61. The lowest BCUT2D eigenvalue weighted by Crippen LogP contribution is -2.43. The lowest BCUT2D eigenvalue weighted by molar-refractivity contribution is -0.142. The molecular formula is C14H23NO3. The van der Waals surface area contributed by atoms with Crippen molar-refractivity contribution in [2.24, 2.45) is 5.92 Å². The number of amides is 1. The molecule has 0 saturated heterocycles. The van der Waals surface area contributed by atoms with E-state index in [1.54, 1.807) is 0 Å². The van der Waals surface area contributed by atoms with E-state index in [1.165, 1.54) is 26.4 Å². The van der Waals surface area contributed by atoms with Gasteiger partial charge in [-0.05, 0) is 25.7 Å². The summed E-state index contributed by atoms with van der Waals surface area (Å²) in [7, 11) is 1.40. The number of ether oxygens (including phenoxy) is 1. The fourth-order valence-electron chi connectivity index (χ4n) is 2.74. The highest BCUT2D eigenvalue weighted by Gasteiger charge is 2.36. The maximum Gasteiger partial charge on any atom is 0.307 e. The molecule has 0 bridgehead atoms. The first-order chi connectivity index (χ1) is 8.72. The van der Waals surface area contributed by atoms with Gasteiger partial charge in [-0.3, -0.25) is 9.59 Å². The molecule has 0 aromatic heterocycles. The van der Waals surface area contributed by atoms with Crippen molar-refractivity contribution in [1.29, 1.82) is 0 Å². The average molecular weight is 253 g/mol. The summed E-state index contributed by atoms with van der Waals surface area (Å²) in [4.78, 5) is 25.5. The van der Waals surface area contributed by atoms with Crippen LogP contribution in [0, 0.1) is 5.92 Å². The van der Waals surface area contributed by atoms with Crippen molar-refractivity contribution in [2.45, 2.75) is 57.4 Å². The fraction of sp³-hybridized carbons (Fsp3) is 0.857. The molecule has 18 heavy (non-hydrogen) atoms. The Morgan fingerprint density at radius 2 is 1.78 bits per heavy atom. The van der Waals surface area contributed by atoms with E-state index in [2.05, 4.69) is 4.74 Å². The predicted molar refractivity (Wildman–Crippen MR) is 67.9 cm³/mol. The minimum Gasteiger partial charge on any atom is -0.469 e. The second-order valence-electron chi connectivity index (χ2n) is 5.42. The number of nitrogens with zero attached hydrogens (tertiary/aromatic N) is 1. The molecular weight excluding hydrogens is 230 g/mol. The SMILES string of the molecule is COC(=O)CCN(C(=O)C1CC1)C1CCCCC1. The minimum atomic E-state index is -0.223. The standard InChI is InChI=1S/C14H23NO3/c1-18-13(16)9-10-15(14(17)11-7-8-11)12-5-3-2-4-6-12/h11-12H,2-10H2,1H3. The summed E-state index contributed by atoms with van der Waals surface area (Å²) in [5.41, 5.74) is 0. The Bertz CT molecular complexity index is 306. The maximum atomic E-state index is 12.3. The van der Waals surface area contributed by atoms with Crippen molar-refractivity contribution in [1.82, 2.24) is 4.90 Å². The molecule has 2 aliphatic carbocycles. The van der Waals surface area contributed by atoms with Gasteiger partial charge in [-0.2, -0.15) is 0 Å². The summed E-state index contributed by atoms with van der Waals surface area (Å²) in [6.07, 6.45) is 8.26. The van der Waals surface area contributed by atoms with Crippen LogP contribution in [0.3, 0.4) is 0 Å². The van der Waals surface area contributed by atoms with Crippen LogP contribution in [0.5, 0.6) is 0 Å². The number of rotatable bonds is 5. The van der Waals surface area contributed by atoms with Crippen LogP contribution in [0.4, 0.5) is 0 Å². The number of esters is 1. The second kappa shape index (κ2) is 6.21. The Morgan fingerprint density at radius 3 is 2.33 bits per heavy atom. The average Bonchev–Trinajstić information content (AvgIpc) is 3.24. The zero-order valence-electron chi connectivity index (χ0n) is 11.2. The van der Waals surface area contributed by atoms with E-state index >= 15 is 0 Å². The van der Waals surface area contributed by atoms with Gasteiger partial charge in [0.2, 0.25) is 5.91 Å². The van der Waals surface area contributed by atoms with Gasteiger partial charge < -0.3 is 9.64 Å². The van der Waals surface area contributed by atoms with Crippen molar-refractivity contribution in [2.75, 3.05) is 13.7 Å². The van der Waals surface area contributed by atoms with Gasteiger partial charge in [0, 0.05) is 18.5 Å². The van der Waals surface area contributed by atoms with Crippen LogP contribution in [-0.2, 0) is 14.3 Å². The monoisotopic (exact) mass is 253 g/mol. The first kappa shape index (κ1) is 13.4. The zero-order chi connectivity index (χ0) is 13.0. The predicted octanol–water partition coefficient (Wildman–Crippen LogP) is 2.12. The van der Waals surface area contributed by atoms with Crippen LogP contribution in [0.15, 0.2) is 0 Å². The van der Waals surface area contributed by atoms with Gasteiger partial charge in [0.1, 0.15) is 0 Å². The summed E-state index contributed by atoms with van der Waals surface area (Å²) < 4.78 is 4.67. The summed E-state index contributed by atoms with van der Waals surface area (Å²) in [6.45, 7) is 0.534. The molecule has 0 atom stereocenters. The number of carbonyl (C=O) groups excluding carboxylic acids is 2. The van der Waals surface area contributed by atoms with Gasteiger partial charge in [-0.15, -0.1) is 0 Å². The third-order valence-corrected chi connectivity index (χ3v) is 4.01. The molecule has 1 amide bonds. The van der Waals surface area contributed by atoms with Crippen LogP contribution >= 0.6 is 0 Å². The fourth-order valence-corrected chi connectivity index (χ4v) is 2.74. The molecule has 0 aromatic carbocycles. The molecule has 2 saturated carbocycles. The molecule has 0 spiro atoms. The van der Waals surface area contributed by atoms with Crippen LogP contribution in [0.1, 0.15) is 51.4 Å². The van der Waals surface area contributed by atoms with E-state index in [1.807, 2.05) is 4.90 Å². The van der Waals surface area contributed by atoms with Gasteiger partial charge in [0.05, 0.1) is 13.5 Å². The first-order valence-electron chi connectivity index (χ1n) is 7.09. The summed E-state index contributed by atoms with van der Waals surface area (Å²) in [5, 5.41) is 0. The highest BCUT2D eigenvalue weighted by atomic mass is 16.5. The van der Waals surface area contributed by atoms with E-state index in [9.17, 15) is 9.59 Å². The van der Waals surface area contributed by atoms with Crippen LogP contribution in [0.25, 0.3) is 0 Å². The van der Waals surface area contributed by atoms with Crippen LogP contribution < -0.4 is 0 Å². The van der Waals surface area contributed by atoms with E-state index in [-0.39, 0.29) is 17.8 Å². The lowest BCUT2D eigenvalue weighted by Gasteiger charge is -2.34. The Hall–Kier alpha value is -1.06. The summed E-state index contributed by atoms with van der Waals surface area (Å²) >= 11 is 0. The lowest BCUT2D eigenvalue weighted by atomic mass is 9.93. The minimum absolute atomic E-state index is 0.223. The smallest absolute Gasteiger partial charge is 0.307 e. The molecule has 4 nitrogen and oxygen atoms in total. The van der Waals surface area contributed by atoms with E-state index in [0.29, 0.717) is 19.0 Å². The molecule has 2 fully saturated rings. The van der Waals surface area contributed by atoms with Gasteiger partial charge in [-0.1, -0.05) is 19.3 Å². The van der Waals surface area contributed by atoms with Crippen LogP contribution in [0.2, 0.25) is 0 Å². The largest absolute Gasteiger partial charge is 0.469 e. The van der Waals surface area contributed by atoms with Gasteiger partial charge in [0.25, 0.3) is 0 Å². The molecule has 0 heterocycles. The zero-order valence-corrected chi connectivity index (χ0v) is 11.2. The third kappa shape index (κ3) is 3.47. The number of methoxy groups -OCH3 is 1. The quantitative estimate of drug-likeness (QED) is 0.705. The van der Waals surface area contributed by atoms with E-state index in [4.69, 9.17) is 0 Å². The number of carbonyl (C=O) groups is 2. The van der Waals surface area contributed by atoms with Crippen molar-refractivity contribution < 1.29 is 14.3 Å².